The molecule has 3 rings (SSSR count). The predicted molar refractivity (Wildman–Crippen MR) is 124 cm³/mol. The molecule has 1 aliphatic rings. The molecule has 150 valence electrons. The monoisotopic (exact) mass is 522 g/mol. The van der Waals surface area contributed by atoms with Gasteiger partial charge in [-0.1, -0.05) is 6.07 Å². The van der Waals surface area contributed by atoms with Crippen molar-refractivity contribution in [2.45, 2.75) is 13.8 Å². The fraction of sp³-hybridized carbons (Fsp3) is 0.190. The van der Waals surface area contributed by atoms with Crippen molar-refractivity contribution in [2.24, 2.45) is 0 Å². The van der Waals surface area contributed by atoms with E-state index in [1.807, 2.05) is 26.0 Å². The third-order valence-corrected chi connectivity index (χ3v) is 5.20. The summed E-state index contributed by atoms with van der Waals surface area (Å²) in [4.78, 5) is 26.8. The van der Waals surface area contributed by atoms with Crippen LogP contribution >= 0.6 is 34.8 Å². The predicted octanol–water partition coefficient (Wildman–Crippen LogP) is 3.92. The maximum atomic E-state index is 13.1. The molecule has 0 bridgehead atoms. The van der Waals surface area contributed by atoms with E-state index in [4.69, 9.17) is 21.7 Å². The van der Waals surface area contributed by atoms with Gasteiger partial charge in [-0.25, -0.2) is 0 Å². The van der Waals surface area contributed by atoms with Gasteiger partial charge in [0.1, 0.15) is 17.1 Å². The average Bonchev–Trinajstić information content (AvgIpc) is 2.69. The van der Waals surface area contributed by atoms with E-state index in [-0.39, 0.29) is 10.7 Å². The number of hydrogen-bond donors (Lipinski definition) is 1. The molecule has 1 saturated heterocycles. The molecule has 1 heterocycles. The fourth-order valence-electron chi connectivity index (χ4n) is 2.80. The molecule has 8 heteroatoms. The van der Waals surface area contributed by atoms with Gasteiger partial charge in [0, 0.05) is 0 Å². The van der Waals surface area contributed by atoms with Crippen molar-refractivity contribution in [1.29, 1.82) is 0 Å². The van der Waals surface area contributed by atoms with Crippen LogP contribution < -0.4 is 19.7 Å². The van der Waals surface area contributed by atoms with Crippen molar-refractivity contribution in [3.05, 3.63) is 57.2 Å². The number of rotatable bonds is 6. The molecule has 2 amide bonds. The molecule has 0 spiro atoms. The third kappa shape index (κ3) is 4.76. The molecule has 0 aromatic heterocycles. The summed E-state index contributed by atoms with van der Waals surface area (Å²) in [6.07, 6.45) is 1.55. The number of ether oxygens (including phenoxy) is 2. The molecule has 1 fully saturated rings. The molecule has 6 nitrogen and oxygen atoms in total. The number of benzene rings is 2. The van der Waals surface area contributed by atoms with Gasteiger partial charge < -0.3 is 9.47 Å². The highest BCUT2D eigenvalue weighted by Crippen LogP contribution is 2.26. The molecule has 1 N–H and O–H groups in total. The molecule has 0 radical (unpaired) electrons. The number of amides is 2. The lowest BCUT2D eigenvalue weighted by atomic mass is 10.1. The van der Waals surface area contributed by atoms with Gasteiger partial charge in [-0.3, -0.25) is 19.8 Å². The Labute approximate surface area is 188 Å². The maximum Gasteiger partial charge on any atom is 0.270 e. The van der Waals surface area contributed by atoms with Gasteiger partial charge in [-0.15, -0.1) is 0 Å². The van der Waals surface area contributed by atoms with Crippen molar-refractivity contribution in [3.8, 4) is 11.5 Å². The van der Waals surface area contributed by atoms with Crippen molar-refractivity contribution < 1.29 is 19.1 Å². The van der Waals surface area contributed by atoms with Crippen LogP contribution in [0.15, 0.2) is 48.0 Å². The van der Waals surface area contributed by atoms with E-state index in [1.165, 1.54) is 4.90 Å². The first-order valence-corrected chi connectivity index (χ1v) is 10.5. The normalized spacial score (nSPS) is 15.5. The van der Waals surface area contributed by atoms with Crippen molar-refractivity contribution in [3.63, 3.8) is 0 Å². The van der Waals surface area contributed by atoms with Crippen LogP contribution in [0.4, 0.5) is 5.69 Å². The first kappa shape index (κ1) is 21.3. The first-order valence-electron chi connectivity index (χ1n) is 9.01. The molecule has 0 aliphatic carbocycles. The number of nitrogens with one attached hydrogen (secondary N) is 1. The second-order valence-electron chi connectivity index (χ2n) is 6.01. The average molecular weight is 522 g/mol. The Hall–Kier alpha value is -2.46. The van der Waals surface area contributed by atoms with Crippen molar-refractivity contribution in [2.75, 3.05) is 18.1 Å². The number of halogens is 1. The Morgan fingerprint density at radius 3 is 2.38 bits per heavy atom. The Kier molecular flexibility index (Phi) is 6.86. The van der Waals surface area contributed by atoms with E-state index in [1.54, 1.807) is 36.4 Å². The molecule has 2 aromatic carbocycles. The maximum absolute atomic E-state index is 13.1. The highest BCUT2D eigenvalue weighted by Gasteiger charge is 2.34. The van der Waals surface area contributed by atoms with Crippen LogP contribution in [0.5, 0.6) is 11.5 Å². The summed E-state index contributed by atoms with van der Waals surface area (Å²) in [6.45, 7) is 4.91. The summed E-state index contributed by atoms with van der Waals surface area (Å²) in [5.74, 6) is 0.445. The van der Waals surface area contributed by atoms with Crippen molar-refractivity contribution in [1.82, 2.24) is 5.32 Å². The SMILES string of the molecule is CCOc1ccc(N2C(=O)/C(=C/c3ccc(OCC)c(I)c3)C(=O)NC2=S)cc1. The Morgan fingerprint density at radius 1 is 1.07 bits per heavy atom. The van der Waals surface area contributed by atoms with Crippen LogP contribution in [0.1, 0.15) is 19.4 Å². The van der Waals surface area contributed by atoms with E-state index in [9.17, 15) is 9.59 Å². The highest BCUT2D eigenvalue weighted by atomic mass is 127. The van der Waals surface area contributed by atoms with Gasteiger partial charge >= 0.3 is 0 Å². The van der Waals surface area contributed by atoms with Gasteiger partial charge in [0.25, 0.3) is 11.8 Å². The topological polar surface area (TPSA) is 67.9 Å². The largest absolute Gasteiger partial charge is 0.494 e. The minimum absolute atomic E-state index is 0.00689. The minimum atomic E-state index is -0.522. The number of nitrogens with zero attached hydrogens (tertiary/aromatic N) is 1. The van der Waals surface area contributed by atoms with Gasteiger partial charge in [-0.05, 0) is 96.7 Å². The summed E-state index contributed by atoms with van der Waals surface area (Å²) >= 11 is 7.39. The summed E-state index contributed by atoms with van der Waals surface area (Å²) in [5.41, 5.74) is 1.28. The molecular weight excluding hydrogens is 503 g/mol. The zero-order valence-electron chi connectivity index (χ0n) is 15.9. The van der Waals surface area contributed by atoms with Gasteiger partial charge in [0.2, 0.25) is 0 Å². The molecule has 0 saturated carbocycles. The summed E-state index contributed by atoms with van der Waals surface area (Å²) in [7, 11) is 0. The molecule has 0 atom stereocenters. The molecular formula is C21H19IN2O4S. The zero-order valence-corrected chi connectivity index (χ0v) is 18.9. The Bertz CT molecular complexity index is 989. The van der Waals surface area contributed by atoms with Crippen LogP contribution in [-0.2, 0) is 9.59 Å². The van der Waals surface area contributed by atoms with Gasteiger partial charge in [0.15, 0.2) is 5.11 Å². The smallest absolute Gasteiger partial charge is 0.270 e. The van der Waals surface area contributed by atoms with Crippen LogP contribution in [0, 0.1) is 3.57 Å². The number of thiocarbonyl (C=S) groups is 1. The number of hydrogen-bond acceptors (Lipinski definition) is 5. The fourth-order valence-corrected chi connectivity index (χ4v) is 3.77. The second-order valence-corrected chi connectivity index (χ2v) is 7.56. The van der Waals surface area contributed by atoms with E-state index in [0.717, 1.165) is 14.9 Å². The van der Waals surface area contributed by atoms with E-state index in [0.29, 0.717) is 24.7 Å². The van der Waals surface area contributed by atoms with Crippen LogP contribution in [0.3, 0.4) is 0 Å². The molecule has 1 aliphatic heterocycles. The standard InChI is InChI=1S/C21H19IN2O4S/c1-3-27-15-8-6-14(7-9-15)24-20(26)16(19(25)23-21(24)29)11-13-5-10-18(28-4-2)17(22)12-13/h5-12H,3-4H2,1-2H3,(H,23,25,29)/b16-11+. The van der Waals surface area contributed by atoms with Gasteiger partial charge in [-0.2, -0.15) is 0 Å². The van der Waals surface area contributed by atoms with E-state index < -0.39 is 11.8 Å². The number of carbonyl (C=O) groups excluding carboxylic acids is 2. The summed E-state index contributed by atoms with van der Waals surface area (Å²) in [5, 5.41) is 2.63. The van der Waals surface area contributed by atoms with E-state index >= 15 is 0 Å². The lowest BCUT2D eigenvalue weighted by molar-refractivity contribution is -0.122. The third-order valence-electron chi connectivity index (χ3n) is 4.07. The summed E-state index contributed by atoms with van der Waals surface area (Å²) in [6, 6.07) is 12.4. The van der Waals surface area contributed by atoms with Crippen molar-refractivity contribution >= 4 is 63.5 Å². The molecule has 29 heavy (non-hydrogen) atoms. The van der Waals surface area contributed by atoms with Crippen LogP contribution in [0.2, 0.25) is 0 Å². The van der Waals surface area contributed by atoms with Crippen LogP contribution in [0.25, 0.3) is 6.08 Å². The van der Waals surface area contributed by atoms with E-state index in [2.05, 4.69) is 27.9 Å². The summed E-state index contributed by atoms with van der Waals surface area (Å²) < 4.78 is 11.8. The molecule has 2 aromatic rings. The lowest BCUT2D eigenvalue weighted by Gasteiger charge is -2.29. The van der Waals surface area contributed by atoms with Gasteiger partial charge in [0.05, 0.1) is 22.5 Å². The minimum Gasteiger partial charge on any atom is -0.494 e. The quantitative estimate of drug-likeness (QED) is 0.270. The lowest BCUT2D eigenvalue weighted by Crippen LogP contribution is -2.54. The number of carbonyl (C=O) groups is 2. The highest BCUT2D eigenvalue weighted by molar-refractivity contribution is 14.1. The second kappa shape index (κ2) is 9.36. The van der Waals surface area contributed by atoms with Crippen LogP contribution in [-0.4, -0.2) is 30.1 Å². The molecule has 0 unspecified atom stereocenters. The first-order chi connectivity index (χ1) is 13.9. The number of anilines is 1. The Morgan fingerprint density at radius 2 is 1.76 bits per heavy atom. The Balaban J connectivity index is 1.92. The zero-order chi connectivity index (χ0) is 21.0.